The number of carbonyl (C=O) groups is 2. The molecule has 9 heteroatoms. The molecule has 150 valence electrons. The molecule has 1 heterocycles. The van der Waals surface area contributed by atoms with Gasteiger partial charge in [-0.15, -0.1) is 0 Å². The van der Waals surface area contributed by atoms with Crippen LogP contribution in [0.5, 0.6) is 0 Å². The van der Waals surface area contributed by atoms with Gasteiger partial charge in [-0.3, -0.25) is 19.7 Å². The molecule has 3 rings (SSSR count). The highest BCUT2D eigenvalue weighted by Crippen LogP contribution is 2.20. The Hall–Kier alpha value is -4.04. The summed E-state index contributed by atoms with van der Waals surface area (Å²) in [6, 6.07) is 15.6. The Morgan fingerprint density at radius 3 is 2.47 bits per heavy atom. The quantitative estimate of drug-likeness (QED) is 0.343. The van der Waals surface area contributed by atoms with E-state index in [9.17, 15) is 19.7 Å². The zero-order chi connectivity index (χ0) is 21.5. The summed E-state index contributed by atoms with van der Waals surface area (Å²) < 4.78 is 0. The Bertz CT molecular complexity index is 1130. The molecule has 0 fully saturated rings. The molecule has 8 nitrogen and oxygen atoms in total. The monoisotopic (exact) mass is 422 g/mol. The minimum atomic E-state index is -0.544. The molecule has 0 radical (unpaired) electrons. The smallest absolute Gasteiger partial charge is 0.276 e. The number of hydrogen-bond acceptors (Lipinski definition) is 5. The second kappa shape index (κ2) is 9.44. The van der Waals surface area contributed by atoms with Crippen molar-refractivity contribution in [2.24, 2.45) is 0 Å². The predicted molar refractivity (Wildman–Crippen MR) is 114 cm³/mol. The Balaban J connectivity index is 1.74. The van der Waals surface area contributed by atoms with E-state index in [2.05, 4.69) is 15.6 Å². The minimum Gasteiger partial charge on any atom is -0.322 e. The number of hydrogen-bond donors (Lipinski definition) is 2. The molecular formula is C21H15ClN4O4. The fourth-order valence-corrected chi connectivity index (χ4v) is 2.67. The number of pyridine rings is 1. The van der Waals surface area contributed by atoms with Gasteiger partial charge in [0.25, 0.3) is 11.6 Å². The Morgan fingerprint density at radius 2 is 1.73 bits per heavy atom. The van der Waals surface area contributed by atoms with Crippen LogP contribution in [0.3, 0.4) is 0 Å². The second-order valence-corrected chi connectivity index (χ2v) is 6.44. The fraction of sp³-hybridized carbons (Fsp3) is 0. The molecule has 0 aliphatic rings. The van der Waals surface area contributed by atoms with Gasteiger partial charge in [-0.25, -0.2) is 4.98 Å². The molecular weight excluding hydrogens is 408 g/mol. The van der Waals surface area contributed by atoms with Crippen molar-refractivity contribution in [3.05, 3.63) is 99.2 Å². The number of nitrogens with zero attached hydrogens (tertiary/aromatic N) is 2. The molecule has 2 N–H and O–H groups in total. The van der Waals surface area contributed by atoms with E-state index in [0.717, 1.165) is 6.08 Å². The van der Waals surface area contributed by atoms with Gasteiger partial charge in [0.15, 0.2) is 0 Å². The standard InChI is InChI=1S/C21H15ClN4O4/c22-15-10-11-19(23-13-15)25-21(28)16-6-2-3-7-17(16)24-20(27)12-9-14-5-1-4-8-18(14)26(29)30/h1-13H,(H,24,27)(H,23,25,28). The van der Waals surface area contributed by atoms with Crippen LogP contribution < -0.4 is 10.6 Å². The zero-order valence-corrected chi connectivity index (χ0v) is 16.2. The number of benzene rings is 2. The summed E-state index contributed by atoms with van der Waals surface area (Å²) in [7, 11) is 0. The summed E-state index contributed by atoms with van der Waals surface area (Å²) >= 11 is 5.78. The molecule has 2 amide bonds. The number of para-hydroxylation sites is 2. The first kappa shape index (κ1) is 20.7. The number of nitrogens with one attached hydrogen (secondary N) is 2. The summed E-state index contributed by atoms with van der Waals surface area (Å²) in [5.41, 5.74) is 0.678. The van der Waals surface area contributed by atoms with Crippen LogP contribution in [0, 0.1) is 10.1 Å². The van der Waals surface area contributed by atoms with Gasteiger partial charge in [0.05, 0.1) is 26.8 Å². The summed E-state index contributed by atoms with van der Waals surface area (Å²) in [4.78, 5) is 39.4. The van der Waals surface area contributed by atoms with Crippen molar-refractivity contribution in [2.75, 3.05) is 10.6 Å². The summed E-state index contributed by atoms with van der Waals surface area (Å²) in [5, 5.41) is 16.7. The number of nitro benzene ring substituents is 1. The van der Waals surface area contributed by atoms with E-state index in [1.807, 2.05) is 0 Å². The highest BCUT2D eigenvalue weighted by atomic mass is 35.5. The topological polar surface area (TPSA) is 114 Å². The highest BCUT2D eigenvalue weighted by Gasteiger charge is 2.14. The van der Waals surface area contributed by atoms with Crippen molar-refractivity contribution in [1.29, 1.82) is 0 Å². The maximum Gasteiger partial charge on any atom is 0.276 e. The van der Waals surface area contributed by atoms with Gasteiger partial charge in [-0.05, 0) is 36.4 Å². The van der Waals surface area contributed by atoms with Crippen molar-refractivity contribution in [3.63, 3.8) is 0 Å². The second-order valence-electron chi connectivity index (χ2n) is 6.00. The molecule has 0 saturated carbocycles. The van der Waals surface area contributed by atoms with Gasteiger partial charge in [0.1, 0.15) is 5.82 Å². The first-order valence-electron chi connectivity index (χ1n) is 8.68. The van der Waals surface area contributed by atoms with Gasteiger partial charge in [0, 0.05) is 18.3 Å². The van der Waals surface area contributed by atoms with Crippen LogP contribution >= 0.6 is 11.6 Å². The van der Waals surface area contributed by atoms with Crippen molar-refractivity contribution in [1.82, 2.24) is 4.98 Å². The predicted octanol–water partition coefficient (Wildman–Crippen LogP) is 4.55. The van der Waals surface area contributed by atoms with Crippen molar-refractivity contribution < 1.29 is 14.5 Å². The van der Waals surface area contributed by atoms with E-state index in [1.54, 1.807) is 48.5 Å². The molecule has 2 aromatic carbocycles. The van der Waals surface area contributed by atoms with E-state index >= 15 is 0 Å². The van der Waals surface area contributed by atoms with Gasteiger partial charge in [-0.2, -0.15) is 0 Å². The van der Waals surface area contributed by atoms with E-state index in [-0.39, 0.29) is 22.5 Å². The third-order valence-corrected chi connectivity index (χ3v) is 4.17. The number of nitro groups is 1. The molecule has 0 aliphatic heterocycles. The lowest BCUT2D eigenvalue weighted by molar-refractivity contribution is -0.385. The van der Waals surface area contributed by atoms with Crippen LogP contribution in [0.2, 0.25) is 5.02 Å². The molecule has 0 unspecified atom stereocenters. The number of rotatable bonds is 6. The number of anilines is 2. The van der Waals surface area contributed by atoms with Crippen LogP contribution in [-0.2, 0) is 4.79 Å². The average molecular weight is 423 g/mol. The lowest BCUT2D eigenvalue weighted by Crippen LogP contribution is -2.17. The van der Waals surface area contributed by atoms with Crippen LogP contribution in [0.4, 0.5) is 17.2 Å². The lowest BCUT2D eigenvalue weighted by Gasteiger charge is -2.10. The van der Waals surface area contributed by atoms with Gasteiger partial charge >= 0.3 is 0 Å². The normalized spacial score (nSPS) is 10.6. The lowest BCUT2D eigenvalue weighted by atomic mass is 10.1. The molecule has 0 saturated heterocycles. The molecule has 0 aliphatic carbocycles. The van der Waals surface area contributed by atoms with Crippen LogP contribution in [0.1, 0.15) is 15.9 Å². The van der Waals surface area contributed by atoms with Gasteiger partial charge in [0.2, 0.25) is 5.91 Å². The van der Waals surface area contributed by atoms with E-state index in [1.165, 1.54) is 24.4 Å². The Morgan fingerprint density at radius 1 is 1.00 bits per heavy atom. The fourth-order valence-electron chi connectivity index (χ4n) is 2.56. The number of carbonyl (C=O) groups excluding carboxylic acids is 2. The van der Waals surface area contributed by atoms with Crippen LogP contribution in [0.15, 0.2) is 72.9 Å². The Labute approximate surface area is 176 Å². The number of halogens is 1. The summed E-state index contributed by atoms with van der Waals surface area (Å²) in [6.45, 7) is 0. The van der Waals surface area contributed by atoms with Gasteiger partial charge in [-0.1, -0.05) is 35.9 Å². The van der Waals surface area contributed by atoms with Crippen LogP contribution in [0.25, 0.3) is 6.08 Å². The SMILES string of the molecule is O=C(C=Cc1ccccc1[N+](=O)[O-])Nc1ccccc1C(=O)Nc1ccc(Cl)cn1. The van der Waals surface area contributed by atoms with E-state index < -0.39 is 16.7 Å². The van der Waals surface area contributed by atoms with Crippen molar-refractivity contribution in [2.45, 2.75) is 0 Å². The minimum absolute atomic E-state index is 0.114. The number of aromatic nitrogens is 1. The first-order chi connectivity index (χ1) is 14.4. The molecule has 1 aromatic heterocycles. The summed E-state index contributed by atoms with van der Waals surface area (Å²) in [5.74, 6) is -0.705. The van der Waals surface area contributed by atoms with E-state index in [0.29, 0.717) is 10.8 Å². The van der Waals surface area contributed by atoms with Gasteiger partial charge < -0.3 is 10.6 Å². The van der Waals surface area contributed by atoms with E-state index in [4.69, 9.17) is 11.6 Å². The third kappa shape index (κ3) is 5.27. The number of amides is 2. The maximum atomic E-state index is 12.6. The van der Waals surface area contributed by atoms with Crippen LogP contribution in [-0.4, -0.2) is 21.7 Å². The van der Waals surface area contributed by atoms with Crippen molar-refractivity contribution in [3.8, 4) is 0 Å². The Kier molecular flexibility index (Phi) is 6.51. The third-order valence-electron chi connectivity index (χ3n) is 3.95. The molecule has 0 atom stereocenters. The first-order valence-corrected chi connectivity index (χ1v) is 9.06. The largest absolute Gasteiger partial charge is 0.322 e. The molecule has 0 spiro atoms. The maximum absolute atomic E-state index is 12.6. The average Bonchev–Trinajstić information content (AvgIpc) is 2.74. The van der Waals surface area contributed by atoms with Crippen molar-refractivity contribution >= 4 is 46.7 Å². The summed E-state index contributed by atoms with van der Waals surface area (Å²) in [6.07, 6.45) is 3.91. The zero-order valence-electron chi connectivity index (χ0n) is 15.4. The molecule has 0 bridgehead atoms. The molecule has 3 aromatic rings. The molecule has 30 heavy (non-hydrogen) atoms. The highest BCUT2D eigenvalue weighted by molar-refractivity contribution is 6.30.